The maximum Gasteiger partial charge on any atom is 0.326 e. The molecule has 1 aromatic carbocycles. The van der Waals surface area contributed by atoms with Crippen molar-refractivity contribution in [2.24, 2.45) is 5.92 Å². The number of benzene rings is 1. The second-order valence-corrected chi connectivity index (χ2v) is 5.50. The first-order valence-corrected chi connectivity index (χ1v) is 6.70. The van der Waals surface area contributed by atoms with Crippen LogP contribution in [0.5, 0.6) is 0 Å². The van der Waals surface area contributed by atoms with E-state index in [2.05, 4.69) is 15.9 Å². The van der Waals surface area contributed by atoms with Crippen LogP contribution >= 0.6 is 15.9 Å². The SMILES string of the molecule is CC1CCN(C(=O)c2c(F)cccc2Br)C1C(=O)O. The molecule has 2 unspecified atom stereocenters. The summed E-state index contributed by atoms with van der Waals surface area (Å²) in [7, 11) is 0. The predicted molar refractivity (Wildman–Crippen MR) is 70.3 cm³/mol. The molecule has 2 rings (SSSR count). The van der Waals surface area contributed by atoms with Crippen molar-refractivity contribution >= 4 is 27.8 Å². The van der Waals surface area contributed by atoms with Gasteiger partial charge in [0, 0.05) is 11.0 Å². The van der Waals surface area contributed by atoms with Crippen LogP contribution in [0.25, 0.3) is 0 Å². The minimum absolute atomic E-state index is 0.108. The number of carbonyl (C=O) groups excluding carboxylic acids is 1. The number of rotatable bonds is 2. The molecule has 1 fully saturated rings. The highest BCUT2D eigenvalue weighted by atomic mass is 79.9. The zero-order valence-corrected chi connectivity index (χ0v) is 11.9. The smallest absolute Gasteiger partial charge is 0.326 e. The van der Waals surface area contributed by atoms with Gasteiger partial charge >= 0.3 is 5.97 Å². The second kappa shape index (κ2) is 5.28. The van der Waals surface area contributed by atoms with Crippen LogP contribution in [0.4, 0.5) is 4.39 Å². The van der Waals surface area contributed by atoms with Gasteiger partial charge in [0.05, 0.1) is 5.56 Å². The van der Waals surface area contributed by atoms with Gasteiger partial charge in [0.15, 0.2) is 0 Å². The summed E-state index contributed by atoms with van der Waals surface area (Å²) in [5.41, 5.74) is -0.108. The maximum atomic E-state index is 13.8. The van der Waals surface area contributed by atoms with Crippen LogP contribution in [0.3, 0.4) is 0 Å². The molecule has 1 aromatic rings. The van der Waals surface area contributed by atoms with E-state index in [0.29, 0.717) is 17.4 Å². The monoisotopic (exact) mass is 329 g/mol. The molecule has 0 saturated carbocycles. The second-order valence-electron chi connectivity index (χ2n) is 4.64. The molecular weight excluding hydrogens is 317 g/mol. The molecule has 1 aliphatic rings. The molecule has 1 heterocycles. The number of hydrogen-bond acceptors (Lipinski definition) is 2. The van der Waals surface area contributed by atoms with Crippen LogP contribution in [-0.4, -0.2) is 34.5 Å². The number of halogens is 2. The van der Waals surface area contributed by atoms with Crippen molar-refractivity contribution in [3.8, 4) is 0 Å². The lowest BCUT2D eigenvalue weighted by molar-refractivity contribution is -0.142. The van der Waals surface area contributed by atoms with Gasteiger partial charge in [-0.3, -0.25) is 4.79 Å². The van der Waals surface area contributed by atoms with Gasteiger partial charge in [-0.2, -0.15) is 0 Å². The number of amides is 1. The van der Waals surface area contributed by atoms with Crippen molar-refractivity contribution in [3.05, 3.63) is 34.1 Å². The van der Waals surface area contributed by atoms with E-state index in [4.69, 9.17) is 0 Å². The fourth-order valence-corrected chi connectivity index (χ4v) is 2.91. The molecule has 0 radical (unpaired) electrons. The first-order valence-electron chi connectivity index (χ1n) is 5.91. The minimum Gasteiger partial charge on any atom is -0.480 e. The highest BCUT2D eigenvalue weighted by Gasteiger charge is 2.40. The highest BCUT2D eigenvalue weighted by Crippen LogP contribution is 2.29. The van der Waals surface area contributed by atoms with Gasteiger partial charge in [-0.25, -0.2) is 9.18 Å². The number of carboxylic acid groups (broad SMARTS) is 1. The van der Waals surface area contributed by atoms with Crippen LogP contribution in [0.15, 0.2) is 22.7 Å². The van der Waals surface area contributed by atoms with E-state index in [0.717, 1.165) is 0 Å². The summed E-state index contributed by atoms with van der Waals surface area (Å²) < 4.78 is 14.1. The first kappa shape index (κ1) is 14.0. The lowest BCUT2D eigenvalue weighted by atomic mass is 10.0. The van der Waals surface area contributed by atoms with Gasteiger partial charge in [0.1, 0.15) is 11.9 Å². The molecule has 102 valence electrons. The molecule has 1 N–H and O–H groups in total. The van der Waals surface area contributed by atoms with E-state index in [-0.39, 0.29) is 11.5 Å². The molecular formula is C13H13BrFNO3. The van der Waals surface area contributed by atoms with Gasteiger partial charge in [-0.15, -0.1) is 0 Å². The Hall–Kier alpha value is -1.43. The Bertz CT molecular complexity index is 514. The summed E-state index contributed by atoms with van der Waals surface area (Å²) in [6, 6.07) is 3.34. The first-order chi connectivity index (χ1) is 8.93. The van der Waals surface area contributed by atoms with E-state index in [1.165, 1.54) is 17.0 Å². The molecule has 2 atom stereocenters. The Balaban J connectivity index is 2.37. The Morgan fingerprint density at radius 2 is 2.16 bits per heavy atom. The van der Waals surface area contributed by atoms with Crippen LogP contribution in [0, 0.1) is 11.7 Å². The third-order valence-corrected chi connectivity index (χ3v) is 4.05. The van der Waals surface area contributed by atoms with Gasteiger partial charge in [0.25, 0.3) is 5.91 Å². The largest absolute Gasteiger partial charge is 0.480 e. The zero-order valence-electron chi connectivity index (χ0n) is 10.3. The summed E-state index contributed by atoms with van der Waals surface area (Å²) in [5.74, 6) is -2.41. The summed E-state index contributed by atoms with van der Waals surface area (Å²) in [4.78, 5) is 24.8. The Labute approximate surface area is 118 Å². The van der Waals surface area contributed by atoms with E-state index in [9.17, 15) is 19.1 Å². The van der Waals surface area contributed by atoms with Crippen molar-refractivity contribution in [1.82, 2.24) is 4.90 Å². The van der Waals surface area contributed by atoms with Gasteiger partial charge in [-0.1, -0.05) is 13.0 Å². The molecule has 19 heavy (non-hydrogen) atoms. The Morgan fingerprint density at radius 1 is 1.47 bits per heavy atom. The third kappa shape index (κ3) is 2.49. The molecule has 0 spiro atoms. The quantitative estimate of drug-likeness (QED) is 0.907. The van der Waals surface area contributed by atoms with Crippen LogP contribution in [-0.2, 0) is 4.79 Å². The van der Waals surface area contributed by atoms with Crippen molar-refractivity contribution in [1.29, 1.82) is 0 Å². The summed E-state index contributed by atoms with van der Waals surface area (Å²) >= 11 is 3.13. The molecule has 0 bridgehead atoms. The lowest BCUT2D eigenvalue weighted by Crippen LogP contribution is -2.43. The third-order valence-electron chi connectivity index (χ3n) is 3.39. The molecule has 0 aromatic heterocycles. The van der Waals surface area contributed by atoms with E-state index >= 15 is 0 Å². The van der Waals surface area contributed by atoms with Crippen molar-refractivity contribution in [2.45, 2.75) is 19.4 Å². The Morgan fingerprint density at radius 3 is 2.74 bits per heavy atom. The van der Waals surface area contributed by atoms with Crippen molar-refractivity contribution < 1.29 is 19.1 Å². The van der Waals surface area contributed by atoms with Gasteiger partial charge in [-0.05, 0) is 40.4 Å². The number of nitrogens with zero attached hydrogens (tertiary/aromatic N) is 1. The number of likely N-dealkylation sites (tertiary alicyclic amines) is 1. The molecule has 4 nitrogen and oxygen atoms in total. The van der Waals surface area contributed by atoms with Crippen molar-refractivity contribution in [2.75, 3.05) is 6.54 Å². The minimum atomic E-state index is -1.05. The van der Waals surface area contributed by atoms with E-state index < -0.39 is 23.7 Å². The van der Waals surface area contributed by atoms with E-state index in [1.807, 2.05) is 0 Å². The Kier molecular flexibility index (Phi) is 3.89. The lowest BCUT2D eigenvalue weighted by Gasteiger charge is -2.24. The standard InChI is InChI=1S/C13H13BrFNO3/c1-7-5-6-16(11(7)13(18)19)12(17)10-8(14)3-2-4-9(10)15/h2-4,7,11H,5-6H2,1H3,(H,18,19). The zero-order chi connectivity index (χ0) is 14.2. The summed E-state index contributed by atoms with van der Waals surface area (Å²) in [6.45, 7) is 2.11. The maximum absolute atomic E-state index is 13.8. The summed E-state index contributed by atoms with van der Waals surface area (Å²) in [6.07, 6.45) is 0.606. The fraction of sp³-hybridized carbons (Fsp3) is 0.385. The highest BCUT2D eigenvalue weighted by molar-refractivity contribution is 9.10. The van der Waals surface area contributed by atoms with Crippen LogP contribution in [0.2, 0.25) is 0 Å². The van der Waals surface area contributed by atoms with Crippen LogP contribution in [0.1, 0.15) is 23.7 Å². The molecule has 0 aliphatic carbocycles. The molecule has 1 saturated heterocycles. The molecule has 6 heteroatoms. The topological polar surface area (TPSA) is 57.6 Å². The van der Waals surface area contributed by atoms with Crippen LogP contribution < -0.4 is 0 Å². The van der Waals surface area contributed by atoms with Gasteiger partial charge < -0.3 is 10.0 Å². The predicted octanol–water partition coefficient (Wildman–Crippen LogP) is 2.52. The molecule has 1 aliphatic heterocycles. The number of carboxylic acids is 1. The average molecular weight is 330 g/mol. The average Bonchev–Trinajstić information content (AvgIpc) is 2.70. The van der Waals surface area contributed by atoms with Crippen molar-refractivity contribution in [3.63, 3.8) is 0 Å². The molecule has 1 amide bonds. The van der Waals surface area contributed by atoms with E-state index in [1.54, 1.807) is 13.0 Å². The number of carbonyl (C=O) groups is 2. The summed E-state index contributed by atoms with van der Waals surface area (Å²) in [5, 5.41) is 9.19. The van der Waals surface area contributed by atoms with Gasteiger partial charge in [0.2, 0.25) is 0 Å². The normalized spacial score (nSPS) is 22.6. The number of aliphatic carboxylic acids is 1. The fourth-order valence-electron chi connectivity index (χ4n) is 2.40. The number of hydrogen-bond donors (Lipinski definition) is 1.